The molecule has 1 aromatic carbocycles. The summed E-state index contributed by atoms with van der Waals surface area (Å²) in [6.07, 6.45) is 0. The first kappa shape index (κ1) is 11.4. The van der Waals surface area contributed by atoms with Crippen molar-refractivity contribution in [1.82, 2.24) is 0 Å². The van der Waals surface area contributed by atoms with Crippen LogP contribution in [0.2, 0.25) is 0 Å². The molecule has 0 bridgehead atoms. The second-order valence-corrected chi connectivity index (χ2v) is 5.05. The molecule has 0 aliphatic carbocycles. The monoisotopic (exact) mass is 215 g/mol. The summed E-state index contributed by atoms with van der Waals surface area (Å²) in [5, 5.41) is 0. The van der Waals surface area contributed by atoms with E-state index >= 15 is 0 Å². The lowest BCUT2D eigenvalue weighted by Crippen LogP contribution is -2.26. The molecule has 1 aromatic rings. The molecular formula is C9H14NO3P. The molecule has 14 heavy (non-hydrogen) atoms. The lowest BCUT2D eigenvalue weighted by molar-refractivity contribution is 0.351. The Balaban J connectivity index is 2.87. The van der Waals surface area contributed by atoms with Crippen molar-refractivity contribution in [3.05, 3.63) is 35.9 Å². The number of benzene rings is 1. The first-order chi connectivity index (χ1) is 6.43. The molecule has 0 saturated heterocycles. The number of rotatable bonds is 3. The molecule has 0 aromatic heterocycles. The maximum atomic E-state index is 10.9. The maximum absolute atomic E-state index is 10.9. The van der Waals surface area contributed by atoms with Gasteiger partial charge < -0.3 is 15.5 Å². The summed E-state index contributed by atoms with van der Waals surface area (Å²) < 4.78 is 10.9. The fourth-order valence-electron chi connectivity index (χ4n) is 1.25. The summed E-state index contributed by atoms with van der Waals surface area (Å²) in [5.41, 5.74) is 6.30. The standard InChI is InChI=1S/C9H14NO3P/c1-7(9(10)14(11,12)13)8-5-3-2-4-6-8/h2-7,9H,10H2,1H3,(H2,11,12,13). The Kier molecular flexibility index (Phi) is 3.45. The van der Waals surface area contributed by atoms with Gasteiger partial charge in [0.25, 0.3) is 0 Å². The molecule has 0 saturated carbocycles. The van der Waals surface area contributed by atoms with Gasteiger partial charge in [-0.15, -0.1) is 0 Å². The minimum atomic E-state index is -4.20. The molecule has 4 nitrogen and oxygen atoms in total. The van der Waals surface area contributed by atoms with Crippen LogP contribution in [0.5, 0.6) is 0 Å². The first-order valence-electron chi connectivity index (χ1n) is 4.28. The third kappa shape index (κ3) is 2.66. The summed E-state index contributed by atoms with van der Waals surface area (Å²) in [5.74, 6) is -1.48. The van der Waals surface area contributed by atoms with Crippen molar-refractivity contribution in [2.24, 2.45) is 5.73 Å². The van der Waals surface area contributed by atoms with E-state index in [1.54, 1.807) is 19.1 Å². The van der Waals surface area contributed by atoms with E-state index in [0.717, 1.165) is 5.56 Å². The molecule has 0 heterocycles. The van der Waals surface area contributed by atoms with E-state index in [0.29, 0.717) is 0 Å². The average molecular weight is 215 g/mol. The molecule has 2 unspecified atom stereocenters. The van der Waals surface area contributed by atoms with Crippen molar-refractivity contribution in [2.75, 3.05) is 0 Å². The van der Waals surface area contributed by atoms with Gasteiger partial charge in [-0.25, -0.2) is 0 Å². The van der Waals surface area contributed by atoms with Gasteiger partial charge in [-0.05, 0) is 5.56 Å². The predicted octanol–water partition coefficient (Wildman–Crippen LogP) is 1.25. The predicted molar refractivity (Wildman–Crippen MR) is 54.9 cm³/mol. The zero-order valence-electron chi connectivity index (χ0n) is 7.87. The molecule has 0 aliphatic heterocycles. The van der Waals surface area contributed by atoms with Crippen molar-refractivity contribution in [2.45, 2.75) is 18.6 Å². The molecule has 78 valence electrons. The number of hydrogen-bond donors (Lipinski definition) is 3. The second-order valence-electron chi connectivity index (χ2n) is 3.28. The van der Waals surface area contributed by atoms with Crippen LogP contribution in [0.1, 0.15) is 18.4 Å². The van der Waals surface area contributed by atoms with Crippen molar-refractivity contribution >= 4 is 7.60 Å². The van der Waals surface area contributed by atoms with E-state index in [1.165, 1.54) is 0 Å². The van der Waals surface area contributed by atoms with Gasteiger partial charge in [-0.1, -0.05) is 37.3 Å². The van der Waals surface area contributed by atoms with Crippen molar-refractivity contribution < 1.29 is 14.4 Å². The van der Waals surface area contributed by atoms with Gasteiger partial charge in [-0.2, -0.15) is 0 Å². The number of hydrogen-bond acceptors (Lipinski definition) is 2. The van der Waals surface area contributed by atoms with E-state index in [-0.39, 0.29) is 5.92 Å². The smallest absolute Gasteiger partial charge is 0.323 e. The van der Waals surface area contributed by atoms with Crippen LogP contribution in [0.4, 0.5) is 0 Å². The molecular weight excluding hydrogens is 201 g/mol. The Labute approximate surface area is 82.9 Å². The third-order valence-corrected chi connectivity index (χ3v) is 3.45. The van der Waals surface area contributed by atoms with Gasteiger partial charge in [0.15, 0.2) is 0 Å². The van der Waals surface area contributed by atoms with E-state index in [1.807, 2.05) is 18.2 Å². The highest BCUT2D eigenvalue weighted by Crippen LogP contribution is 2.44. The van der Waals surface area contributed by atoms with Gasteiger partial charge in [0.1, 0.15) is 5.78 Å². The third-order valence-electron chi connectivity index (χ3n) is 2.23. The highest BCUT2D eigenvalue weighted by Gasteiger charge is 2.30. The molecule has 5 heteroatoms. The SMILES string of the molecule is CC(c1ccccc1)C(N)P(=O)(O)O. The normalized spacial score (nSPS) is 16.3. The van der Waals surface area contributed by atoms with E-state index in [9.17, 15) is 4.57 Å². The molecule has 0 radical (unpaired) electrons. The lowest BCUT2D eigenvalue weighted by atomic mass is 10.0. The van der Waals surface area contributed by atoms with Crippen LogP contribution in [0.25, 0.3) is 0 Å². The van der Waals surface area contributed by atoms with Crippen LogP contribution in [0, 0.1) is 0 Å². The number of nitrogens with two attached hydrogens (primary N) is 1. The fraction of sp³-hybridized carbons (Fsp3) is 0.333. The fourth-order valence-corrected chi connectivity index (χ4v) is 2.00. The molecule has 1 rings (SSSR count). The molecule has 2 atom stereocenters. The quantitative estimate of drug-likeness (QED) is 0.662. The molecule has 0 amide bonds. The van der Waals surface area contributed by atoms with Crippen LogP contribution >= 0.6 is 7.60 Å². The zero-order chi connectivity index (χ0) is 10.8. The highest BCUT2D eigenvalue weighted by atomic mass is 31.2. The Morgan fingerprint density at radius 3 is 2.21 bits per heavy atom. The van der Waals surface area contributed by atoms with E-state index in [2.05, 4.69) is 0 Å². The Morgan fingerprint density at radius 2 is 1.79 bits per heavy atom. The van der Waals surface area contributed by atoms with Crippen LogP contribution in [0.3, 0.4) is 0 Å². The Bertz CT molecular complexity index is 335. The maximum Gasteiger partial charge on any atom is 0.342 e. The molecule has 0 spiro atoms. The van der Waals surface area contributed by atoms with Gasteiger partial charge in [-0.3, -0.25) is 4.57 Å². The largest absolute Gasteiger partial charge is 0.342 e. The summed E-state index contributed by atoms with van der Waals surface area (Å²) in [6, 6.07) is 9.09. The summed E-state index contributed by atoms with van der Waals surface area (Å²) >= 11 is 0. The van der Waals surface area contributed by atoms with Crippen molar-refractivity contribution in [1.29, 1.82) is 0 Å². The van der Waals surface area contributed by atoms with Gasteiger partial charge in [0, 0.05) is 5.92 Å². The summed E-state index contributed by atoms with van der Waals surface area (Å²) in [4.78, 5) is 17.8. The summed E-state index contributed by atoms with van der Waals surface area (Å²) in [6.45, 7) is 1.71. The van der Waals surface area contributed by atoms with Crippen LogP contribution in [0.15, 0.2) is 30.3 Å². The lowest BCUT2D eigenvalue weighted by Gasteiger charge is -2.20. The Hall–Kier alpha value is -0.670. The van der Waals surface area contributed by atoms with Crippen LogP contribution in [-0.4, -0.2) is 15.6 Å². The molecule has 0 fully saturated rings. The summed E-state index contributed by atoms with van der Waals surface area (Å²) in [7, 11) is -4.20. The molecule has 0 aliphatic rings. The average Bonchev–Trinajstić information content (AvgIpc) is 2.15. The van der Waals surface area contributed by atoms with Crippen molar-refractivity contribution in [3.8, 4) is 0 Å². The van der Waals surface area contributed by atoms with E-state index in [4.69, 9.17) is 15.5 Å². The molecule has 4 N–H and O–H groups in total. The Morgan fingerprint density at radius 1 is 1.29 bits per heavy atom. The topological polar surface area (TPSA) is 83.6 Å². The van der Waals surface area contributed by atoms with Crippen LogP contribution in [-0.2, 0) is 4.57 Å². The zero-order valence-corrected chi connectivity index (χ0v) is 8.76. The van der Waals surface area contributed by atoms with Gasteiger partial charge in [0.05, 0.1) is 0 Å². The second kappa shape index (κ2) is 4.24. The minimum absolute atomic E-state index is 0.350. The van der Waals surface area contributed by atoms with Crippen molar-refractivity contribution in [3.63, 3.8) is 0 Å². The van der Waals surface area contributed by atoms with E-state index < -0.39 is 13.4 Å². The highest BCUT2D eigenvalue weighted by molar-refractivity contribution is 7.52. The van der Waals surface area contributed by atoms with Crippen LogP contribution < -0.4 is 5.73 Å². The first-order valence-corrected chi connectivity index (χ1v) is 5.97. The van der Waals surface area contributed by atoms with Gasteiger partial charge >= 0.3 is 7.60 Å². The minimum Gasteiger partial charge on any atom is -0.323 e. The van der Waals surface area contributed by atoms with Gasteiger partial charge in [0.2, 0.25) is 0 Å².